The van der Waals surface area contributed by atoms with Gasteiger partial charge in [-0.05, 0) is 29.8 Å². The lowest BCUT2D eigenvalue weighted by Gasteiger charge is -2.36. The van der Waals surface area contributed by atoms with Crippen molar-refractivity contribution in [3.05, 3.63) is 65.5 Å². The molecule has 1 amide bonds. The van der Waals surface area contributed by atoms with Crippen molar-refractivity contribution < 1.29 is 19.0 Å². The molecule has 0 saturated carbocycles. The summed E-state index contributed by atoms with van der Waals surface area (Å²) in [6.07, 6.45) is -0.141. The Morgan fingerprint density at radius 2 is 1.76 bits per heavy atom. The Balaban J connectivity index is 1.24. The highest BCUT2D eigenvalue weighted by Gasteiger charge is 2.31. The van der Waals surface area contributed by atoms with Gasteiger partial charge in [0.15, 0.2) is 5.69 Å². The fourth-order valence-electron chi connectivity index (χ4n) is 4.39. The minimum absolute atomic E-state index is 0.0950. The molecule has 9 nitrogen and oxygen atoms in total. The molecule has 0 unspecified atom stereocenters. The molecule has 33 heavy (non-hydrogen) atoms. The van der Waals surface area contributed by atoms with E-state index in [1.165, 1.54) is 0 Å². The van der Waals surface area contributed by atoms with Crippen LogP contribution >= 0.6 is 0 Å². The summed E-state index contributed by atoms with van der Waals surface area (Å²) in [7, 11) is 3.32. The second-order valence-electron chi connectivity index (χ2n) is 8.09. The van der Waals surface area contributed by atoms with Crippen molar-refractivity contribution in [2.45, 2.75) is 19.3 Å². The molecule has 2 aromatic carbocycles. The third kappa shape index (κ3) is 4.11. The number of aromatic nitrogens is 3. The molecule has 3 heterocycles. The van der Waals surface area contributed by atoms with Crippen LogP contribution in [0.25, 0.3) is 0 Å². The van der Waals surface area contributed by atoms with Crippen molar-refractivity contribution in [1.82, 2.24) is 19.9 Å². The Hall–Kier alpha value is -3.59. The van der Waals surface area contributed by atoms with E-state index in [0.717, 1.165) is 41.5 Å². The van der Waals surface area contributed by atoms with Gasteiger partial charge < -0.3 is 24.0 Å². The van der Waals surface area contributed by atoms with Gasteiger partial charge in [0.1, 0.15) is 17.6 Å². The van der Waals surface area contributed by atoms with Crippen LogP contribution in [0.5, 0.6) is 11.5 Å². The Morgan fingerprint density at radius 3 is 2.48 bits per heavy atom. The first-order valence-electron chi connectivity index (χ1n) is 11.0. The molecule has 0 spiro atoms. The summed E-state index contributed by atoms with van der Waals surface area (Å²) >= 11 is 0. The number of amides is 1. The zero-order valence-electron chi connectivity index (χ0n) is 18.8. The number of anilines is 1. The summed E-state index contributed by atoms with van der Waals surface area (Å²) in [4.78, 5) is 17.3. The third-order valence-corrected chi connectivity index (χ3v) is 6.28. The van der Waals surface area contributed by atoms with Crippen LogP contribution in [0, 0.1) is 0 Å². The van der Waals surface area contributed by atoms with E-state index in [1.54, 1.807) is 18.9 Å². The van der Waals surface area contributed by atoms with E-state index in [4.69, 9.17) is 14.2 Å². The molecule has 0 N–H and O–H groups in total. The lowest BCUT2D eigenvalue weighted by Crippen LogP contribution is -2.49. The maximum atomic E-state index is 13.2. The molecule has 0 radical (unpaired) electrons. The number of methoxy groups -OCH3 is 2. The molecule has 0 bridgehead atoms. The highest BCUT2D eigenvalue weighted by Crippen LogP contribution is 2.30. The normalized spacial score (nSPS) is 18.1. The first-order valence-corrected chi connectivity index (χ1v) is 11.0. The zero-order valence-corrected chi connectivity index (χ0v) is 18.8. The lowest BCUT2D eigenvalue weighted by molar-refractivity contribution is -0.00198. The van der Waals surface area contributed by atoms with Gasteiger partial charge in [-0.25, -0.2) is 4.68 Å². The molecule has 3 aromatic rings. The predicted octanol–water partition coefficient (Wildman–Crippen LogP) is 2.53. The van der Waals surface area contributed by atoms with Crippen LogP contribution in [0.15, 0.2) is 48.5 Å². The maximum Gasteiger partial charge on any atom is 0.276 e. The summed E-state index contributed by atoms with van der Waals surface area (Å²) in [6.45, 7) is 3.49. The van der Waals surface area contributed by atoms with Crippen molar-refractivity contribution in [2.75, 3.05) is 45.3 Å². The second kappa shape index (κ2) is 9.11. The summed E-state index contributed by atoms with van der Waals surface area (Å²) < 4.78 is 18.6. The average molecular weight is 450 g/mol. The quantitative estimate of drug-likeness (QED) is 0.592. The van der Waals surface area contributed by atoms with Crippen molar-refractivity contribution >= 4 is 11.6 Å². The fourth-order valence-corrected chi connectivity index (χ4v) is 4.39. The Morgan fingerprint density at radius 1 is 1.00 bits per heavy atom. The first-order chi connectivity index (χ1) is 16.2. The molecule has 1 fully saturated rings. The molecule has 1 saturated heterocycles. The summed E-state index contributed by atoms with van der Waals surface area (Å²) in [5, 5.41) is 8.48. The van der Waals surface area contributed by atoms with Crippen molar-refractivity contribution in [2.24, 2.45) is 0 Å². The summed E-state index contributed by atoms with van der Waals surface area (Å²) in [5.41, 5.74) is 3.20. The number of benzene rings is 2. The fraction of sp³-hybridized carbons (Fsp3) is 0.375. The Labute approximate surface area is 192 Å². The molecule has 2 aliphatic rings. The van der Waals surface area contributed by atoms with E-state index < -0.39 is 0 Å². The Kier molecular flexibility index (Phi) is 5.87. The first kappa shape index (κ1) is 21.3. The van der Waals surface area contributed by atoms with E-state index in [-0.39, 0.29) is 12.0 Å². The van der Waals surface area contributed by atoms with Gasteiger partial charge in [0.05, 0.1) is 38.8 Å². The van der Waals surface area contributed by atoms with E-state index in [9.17, 15) is 4.79 Å². The summed E-state index contributed by atoms with van der Waals surface area (Å²) in [6, 6.07) is 15.7. The van der Waals surface area contributed by atoms with Gasteiger partial charge in [0.25, 0.3) is 5.91 Å². The number of nitrogens with zero attached hydrogens (tertiary/aromatic N) is 5. The number of para-hydroxylation sites is 2. The highest BCUT2D eigenvalue weighted by atomic mass is 16.5. The maximum absolute atomic E-state index is 13.2. The molecule has 1 aromatic heterocycles. The number of ether oxygens (including phenoxy) is 3. The standard InChI is InChI=1S/C24H27N5O4/c1-31-18-9-7-17(8-10-18)22-15-29-20(16-33-22)23(25-26-29)24(30)28-13-11-27(12-14-28)19-5-3-4-6-21(19)32-2/h3-10,22H,11-16H2,1-2H3/t22-/m0/s1. The van der Waals surface area contributed by atoms with Crippen LogP contribution in [0.4, 0.5) is 5.69 Å². The van der Waals surface area contributed by atoms with Gasteiger partial charge in [-0.1, -0.05) is 29.5 Å². The van der Waals surface area contributed by atoms with Crippen LogP contribution in [0.1, 0.15) is 27.8 Å². The Bertz CT molecular complexity index is 1120. The van der Waals surface area contributed by atoms with Crippen LogP contribution in [0.3, 0.4) is 0 Å². The highest BCUT2D eigenvalue weighted by molar-refractivity contribution is 5.93. The molecule has 1 atom stereocenters. The number of carbonyl (C=O) groups excluding carboxylic acids is 1. The van der Waals surface area contributed by atoms with Gasteiger partial charge in [0.2, 0.25) is 0 Å². The molecule has 5 rings (SSSR count). The SMILES string of the molecule is COc1ccc([C@@H]2Cn3nnc(C(=O)N4CCN(c5ccccc5OC)CC4)c3CO2)cc1. The van der Waals surface area contributed by atoms with Crippen LogP contribution in [-0.2, 0) is 17.9 Å². The predicted molar refractivity (Wildman–Crippen MR) is 122 cm³/mol. The van der Waals surface area contributed by atoms with Gasteiger partial charge >= 0.3 is 0 Å². The van der Waals surface area contributed by atoms with Crippen molar-refractivity contribution in [3.63, 3.8) is 0 Å². The number of hydrogen-bond acceptors (Lipinski definition) is 7. The average Bonchev–Trinajstić information content (AvgIpc) is 3.31. The number of hydrogen-bond donors (Lipinski definition) is 0. The topological polar surface area (TPSA) is 82.0 Å². The van der Waals surface area contributed by atoms with Crippen LogP contribution in [-0.4, -0.2) is 66.2 Å². The number of fused-ring (bicyclic) bond motifs is 1. The largest absolute Gasteiger partial charge is 0.497 e. The molecule has 0 aliphatic carbocycles. The molecule has 172 valence electrons. The van der Waals surface area contributed by atoms with E-state index in [1.807, 2.05) is 53.4 Å². The van der Waals surface area contributed by atoms with E-state index in [2.05, 4.69) is 15.2 Å². The zero-order chi connectivity index (χ0) is 22.8. The molecular formula is C24H27N5O4. The van der Waals surface area contributed by atoms with Crippen molar-refractivity contribution in [3.8, 4) is 11.5 Å². The number of rotatable bonds is 5. The van der Waals surface area contributed by atoms with Crippen LogP contribution < -0.4 is 14.4 Å². The van der Waals surface area contributed by atoms with E-state index in [0.29, 0.717) is 31.9 Å². The van der Waals surface area contributed by atoms with Crippen LogP contribution in [0.2, 0.25) is 0 Å². The van der Waals surface area contributed by atoms with E-state index >= 15 is 0 Å². The lowest BCUT2D eigenvalue weighted by atomic mass is 10.1. The van der Waals surface area contributed by atoms with Gasteiger partial charge in [-0.15, -0.1) is 5.10 Å². The smallest absolute Gasteiger partial charge is 0.276 e. The van der Waals surface area contributed by atoms with Gasteiger partial charge in [-0.3, -0.25) is 4.79 Å². The minimum Gasteiger partial charge on any atom is -0.497 e. The number of carbonyl (C=O) groups is 1. The monoisotopic (exact) mass is 449 g/mol. The van der Waals surface area contributed by atoms with Gasteiger partial charge in [-0.2, -0.15) is 0 Å². The van der Waals surface area contributed by atoms with Gasteiger partial charge in [0, 0.05) is 26.2 Å². The molecule has 9 heteroatoms. The third-order valence-electron chi connectivity index (χ3n) is 6.28. The minimum atomic E-state index is -0.141. The molecule has 2 aliphatic heterocycles. The number of piperazine rings is 1. The molecular weight excluding hydrogens is 422 g/mol. The summed E-state index contributed by atoms with van der Waals surface area (Å²) in [5.74, 6) is 1.55. The second-order valence-corrected chi connectivity index (χ2v) is 8.09. The van der Waals surface area contributed by atoms with Crippen molar-refractivity contribution in [1.29, 1.82) is 0 Å².